The second-order valence-electron chi connectivity index (χ2n) is 13.2. The van der Waals surface area contributed by atoms with Crippen molar-refractivity contribution in [1.82, 2.24) is 25.2 Å². The number of phenolic OH excluding ortho intramolecular Hbond substituents is 1. The number of carbonyl (C=O) groups excluding carboxylic acids is 2. The summed E-state index contributed by atoms with van der Waals surface area (Å²) >= 11 is 0. The van der Waals surface area contributed by atoms with Gasteiger partial charge in [0.05, 0.1) is 22.8 Å². The molecule has 4 aromatic rings. The van der Waals surface area contributed by atoms with Crippen LogP contribution in [0.15, 0.2) is 30.5 Å². The van der Waals surface area contributed by atoms with Crippen molar-refractivity contribution in [3.05, 3.63) is 47.7 Å². The van der Waals surface area contributed by atoms with E-state index in [0.717, 1.165) is 19.4 Å². The van der Waals surface area contributed by atoms with Crippen molar-refractivity contribution < 1.29 is 32.6 Å². The fourth-order valence-electron chi connectivity index (χ4n) is 8.42. The van der Waals surface area contributed by atoms with E-state index in [9.17, 15) is 23.5 Å². The standard InChI is InChI=1S/C34H33F3N6O4/c1-3-20-24(36)6-5-17-9-19(44)10-21(26(17)20)28-27(37)29-22(12-38-28)30(43-14-23-25(16(43)2)32(46)41-31(23)45)40-33(39-29)47-15-34-7-4-8-42(34)13-18(35)11-34/h5-6,9-10,12,16,18,23,25,44H,3-4,7-8,11,13-15H2,1-2H3,(H,41,45,46)/t16?,18-,23?,25?,34+/m1/s1. The molecule has 3 unspecified atom stereocenters. The van der Waals surface area contributed by atoms with Gasteiger partial charge in [0, 0.05) is 37.3 Å². The first-order chi connectivity index (χ1) is 22.6. The first-order valence-corrected chi connectivity index (χ1v) is 16.0. The van der Waals surface area contributed by atoms with E-state index in [-0.39, 0.29) is 64.7 Å². The number of hydrogen-bond acceptors (Lipinski definition) is 9. The predicted molar refractivity (Wildman–Crippen MR) is 167 cm³/mol. The van der Waals surface area contributed by atoms with Gasteiger partial charge in [-0.15, -0.1) is 0 Å². The van der Waals surface area contributed by atoms with Gasteiger partial charge in [-0.05, 0) is 67.3 Å². The fraction of sp³-hybridized carbons (Fsp3) is 0.441. The number of ether oxygens (including phenoxy) is 1. The number of phenols is 1. The van der Waals surface area contributed by atoms with Crippen LogP contribution in [0.1, 0.15) is 38.7 Å². The number of aromatic hydroxyl groups is 1. The molecule has 4 fully saturated rings. The Labute approximate surface area is 267 Å². The Hall–Kier alpha value is -4.52. The smallest absolute Gasteiger partial charge is 0.319 e. The number of rotatable bonds is 6. The molecule has 4 aliphatic heterocycles. The Morgan fingerprint density at radius 2 is 1.98 bits per heavy atom. The van der Waals surface area contributed by atoms with Gasteiger partial charge >= 0.3 is 6.01 Å². The van der Waals surface area contributed by atoms with E-state index in [2.05, 4.69) is 25.2 Å². The maximum Gasteiger partial charge on any atom is 0.319 e. The van der Waals surface area contributed by atoms with Gasteiger partial charge in [0.15, 0.2) is 5.82 Å². The number of benzene rings is 2. The Bertz CT molecular complexity index is 1990. The molecule has 13 heteroatoms. The zero-order valence-corrected chi connectivity index (χ0v) is 25.9. The molecule has 2 aromatic heterocycles. The first-order valence-electron chi connectivity index (χ1n) is 16.0. The summed E-state index contributed by atoms with van der Waals surface area (Å²) in [5.74, 6) is -3.12. The summed E-state index contributed by atoms with van der Waals surface area (Å²) in [6, 6.07) is 5.09. The maximum atomic E-state index is 16.9. The van der Waals surface area contributed by atoms with Crippen molar-refractivity contribution in [2.45, 2.75) is 57.3 Å². The molecule has 4 saturated heterocycles. The van der Waals surface area contributed by atoms with E-state index in [0.29, 0.717) is 35.7 Å². The molecule has 244 valence electrons. The Balaban J connectivity index is 1.29. The normalized spacial score (nSPS) is 27.2. The number of carbonyl (C=O) groups is 2. The third-order valence-electron chi connectivity index (χ3n) is 10.6. The maximum absolute atomic E-state index is 16.9. The minimum absolute atomic E-state index is 0.107. The van der Waals surface area contributed by atoms with Crippen LogP contribution in [-0.2, 0) is 16.0 Å². The molecule has 2 aromatic carbocycles. The lowest BCUT2D eigenvalue weighted by Crippen LogP contribution is -2.43. The quantitative estimate of drug-likeness (QED) is 0.293. The van der Waals surface area contributed by atoms with Gasteiger partial charge in [0.2, 0.25) is 11.8 Å². The van der Waals surface area contributed by atoms with Crippen molar-refractivity contribution in [1.29, 1.82) is 0 Å². The minimum Gasteiger partial charge on any atom is -0.508 e. The number of halogens is 3. The Kier molecular flexibility index (Phi) is 6.83. The molecule has 8 rings (SSSR count). The van der Waals surface area contributed by atoms with Crippen LogP contribution >= 0.6 is 0 Å². The Morgan fingerprint density at radius 3 is 2.77 bits per heavy atom. The largest absolute Gasteiger partial charge is 0.508 e. The van der Waals surface area contributed by atoms with E-state index in [1.165, 1.54) is 30.5 Å². The molecule has 0 radical (unpaired) electrons. The summed E-state index contributed by atoms with van der Waals surface area (Å²) in [6.45, 7) is 4.97. The fourth-order valence-corrected chi connectivity index (χ4v) is 8.42. The molecule has 47 heavy (non-hydrogen) atoms. The van der Waals surface area contributed by atoms with Crippen molar-refractivity contribution in [3.8, 4) is 23.0 Å². The molecule has 4 aliphatic rings. The van der Waals surface area contributed by atoms with Crippen LogP contribution in [0.2, 0.25) is 0 Å². The Morgan fingerprint density at radius 1 is 1.15 bits per heavy atom. The second kappa shape index (κ2) is 10.8. The number of aryl methyl sites for hydroxylation is 1. The number of amides is 2. The molecule has 6 heterocycles. The summed E-state index contributed by atoms with van der Waals surface area (Å²) in [5.41, 5.74) is -0.230. The highest BCUT2D eigenvalue weighted by atomic mass is 19.1. The van der Waals surface area contributed by atoms with Crippen LogP contribution in [0.25, 0.3) is 32.9 Å². The van der Waals surface area contributed by atoms with E-state index in [1.807, 2.05) is 6.92 Å². The van der Waals surface area contributed by atoms with E-state index in [4.69, 9.17) is 4.74 Å². The highest BCUT2D eigenvalue weighted by Crippen LogP contribution is 2.43. The number of imide groups is 1. The number of fused-ring (bicyclic) bond motifs is 4. The van der Waals surface area contributed by atoms with Crippen molar-refractivity contribution in [3.63, 3.8) is 0 Å². The van der Waals surface area contributed by atoms with Crippen LogP contribution in [-0.4, -0.2) is 80.8 Å². The monoisotopic (exact) mass is 646 g/mol. The lowest BCUT2D eigenvalue weighted by atomic mass is 9.94. The number of nitrogens with zero attached hydrogens (tertiary/aromatic N) is 5. The van der Waals surface area contributed by atoms with Gasteiger partial charge in [-0.2, -0.15) is 9.97 Å². The first kappa shape index (κ1) is 29.9. The predicted octanol–water partition coefficient (Wildman–Crippen LogP) is 4.44. The molecule has 5 atom stereocenters. The molecule has 0 spiro atoms. The van der Waals surface area contributed by atoms with Gasteiger partial charge < -0.3 is 14.7 Å². The van der Waals surface area contributed by atoms with Gasteiger partial charge in [-0.3, -0.25) is 24.8 Å². The van der Waals surface area contributed by atoms with E-state index >= 15 is 4.39 Å². The second-order valence-corrected chi connectivity index (χ2v) is 13.2. The van der Waals surface area contributed by atoms with Gasteiger partial charge in [0.25, 0.3) is 0 Å². The van der Waals surface area contributed by atoms with Crippen LogP contribution < -0.4 is 15.0 Å². The highest BCUT2D eigenvalue weighted by molar-refractivity contribution is 6.07. The number of nitrogens with one attached hydrogen (secondary N) is 1. The van der Waals surface area contributed by atoms with Gasteiger partial charge in [-0.1, -0.05) is 13.0 Å². The number of aromatic nitrogens is 3. The van der Waals surface area contributed by atoms with Crippen LogP contribution in [0.3, 0.4) is 0 Å². The molecule has 2 N–H and O–H groups in total. The zero-order valence-electron chi connectivity index (χ0n) is 25.9. The lowest BCUT2D eigenvalue weighted by molar-refractivity contribution is -0.126. The SMILES string of the molecule is CCc1c(F)ccc2cc(O)cc(-c3ncc4c(N5CC6C(=O)NC(=O)C6C5C)nc(OC[C@@]56CCCN5C[C@H](F)C6)nc4c3F)c12. The third-order valence-corrected chi connectivity index (χ3v) is 10.6. The number of hydrogen-bond donors (Lipinski definition) is 2. The van der Waals surface area contributed by atoms with E-state index < -0.39 is 41.2 Å². The molecule has 0 saturated carbocycles. The average molecular weight is 647 g/mol. The number of anilines is 1. The summed E-state index contributed by atoms with van der Waals surface area (Å²) in [5, 5.41) is 14.1. The molecule has 2 amide bonds. The van der Waals surface area contributed by atoms with Gasteiger partial charge in [-0.25, -0.2) is 13.2 Å². The number of pyridine rings is 1. The van der Waals surface area contributed by atoms with Crippen molar-refractivity contribution in [2.75, 3.05) is 31.1 Å². The third kappa shape index (κ3) is 4.53. The van der Waals surface area contributed by atoms with E-state index in [1.54, 1.807) is 11.8 Å². The molecular weight excluding hydrogens is 613 g/mol. The summed E-state index contributed by atoms with van der Waals surface area (Å²) < 4.78 is 52.5. The number of alkyl halides is 1. The molecule has 0 bridgehead atoms. The zero-order chi connectivity index (χ0) is 32.8. The highest BCUT2D eigenvalue weighted by Gasteiger charge is 2.53. The lowest BCUT2D eigenvalue weighted by Gasteiger charge is -2.31. The topological polar surface area (TPSA) is 121 Å². The van der Waals surface area contributed by atoms with Crippen LogP contribution in [0.5, 0.6) is 11.8 Å². The molecular formula is C34H33F3N6O4. The molecule has 10 nitrogen and oxygen atoms in total. The van der Waals surface area contributed by atoms with Crippen LogP contribution in [0, 0.1) is 23.5 Å². The summed E-state index contributed by atoms with van der Waals surface area (Å²) in [4.78, 5) is 42.8. The summed E-state index contributed by atoms with van der Waals surface area (Å²) in [6.07, 6.45) is 2.74. The van der Waals surface area contributed by atoms with Crippen LogP contribution in [0.4, 0.5) is 19.0 Å². The van der Waals surface area contributed by atoms with Crippen molar-refractivity contribution in [2.24, 2.45) is 11.8 Å². The van der Waals surface area contributed by atoms with Crippen molar-refractivity contribution >= 4 is 39.3 Å². The average Bonchev–Trinajstić information content (AvgIpc) is 3.75. The minimum atomic E-state index is -0.971. The summed E-state index contributed by atoms with van der Waals surface area (Å²) in [7, 11) is 0. The van der Waals surface area contributed by atoms with Gasteiger partial charge in [0.1, 0.15) is 41.4 Å². The molecule has 0 aliphatic carbocycles.